The van der Waals surface area contributed by atoms with Gasteiger partial charge in [0, 0.05) is 6.42 Å². The highest BCUT2D eigenvalue weighted by Crippen LogP contribution is 2.23. The molecule has 0 fully saturated rings. The molecule has 1 rings (SSSR count). The molecule has 0 aliphatic heterocycles. The van der Waals surface area contributed by atoms with E-state index in [2.05, 4.69) is 0 Å². The standard InChI is InChI=1S/C10H8Cl2O3/c11-7-3-1-2-4-8(7)15-10(14)6-5-9(12)13/h1-4H,5-6H2. The minimum atomic E-state index is -0.564. The molecule has 0 aromatic heterocycles. The first-order chi connectivity index (χ1) is 7.09. The molecule has 1 aromatic rings. The molecular weight excluding hydrogens is 239 g/mol. The summed E-state index contributed by atoms with van der Waals surface area (Å²) in [6, 6.07) is 6.60. The molecule has 3 nitrogen and oxygen atoms in total. The van der Waals surface area contributed by atoms with Gasteiger partial charge in [-0.05, 0) is 23.7 Å². The Morgan fingerprint density at radius 1 is 1.20 bits per heavy atom. The molecule has 0 N–H and O–H groups in total. The number of ether oxygens (including phenoxy) is 1. The molecule has 0 heterocycles. The van der Waals surface area contributed by atoms with Crippen LogP contribution in [0.1, 0.15) is 12.8 Å². The molecule has 0 atom stereocenters. The number of hydrogen-bond donors (Lipinski definition) is 0. The van der Waals surface area contributed by atoms with Gasteiger partial charge in [-0.25, -0.2) is 0 Å². The van der Waals surface area contributed by atoms with Crippen molar-refractivity contribution in [3.8, 4) is 5.75 Å². The molecule has 0 saturated carbocycles. The summed E-state index contributed by atoms with van der Waals surface area (Å²) < 4.78 is 4.91. The quantitative estimate of drug-likeness (QED) is 0.466. The molecular formula is C10H8Cl2O3. The second kappa shape index (κ2) is 5.73. The first-order valence-corrected chi connectivity index (χ1v) is 4.98. The summed E-state index contributed by atoms with van der Waals surface area (Å²) >= 11 is 10.8. The van der Waals surface area contributed by atoms with E-state index in [0.29, 0.717) is 5.02 Å². The summed E-state index contributed by atoms with van der Waals surface area (Å²) in [7, 11) is 0. The minimum absolute atomic E-state index is 0.0369. The smallest absolute Gasteiger partial charge is 0.311 e. The van der Waals surface area contributed by atoms with Gasteiger partial charge in [0.1, 0.15) is 5.75 Å². The normalized spacial score (nSPS) is 9.73. The van der Waals surface area contributed by atoms with Crippen molar-refractivity contribution in [1.82, 2.24) is 0 Å². The van der Waals surface area contributed by atoms with Crippen molar-refractivity contribution >= 4 is 34.4 Å². The molecule has 15 heavy (non-hydrogen) atoms. The average Bonchev–Trinajstić information content (AvgIpc) is 2.18. The maximum absolute atomic E-state index is 11.2. The van der Waals surface area contributed by atoms with Crippen molar-refractivity contribution in [2.45, 2.75) is 12.8 Å². The number of carbonyl (C=O) groups is 2. The fourth-order valence-corrected chi connectivity index (χ4v) is 1.17. The van der Waals surface area contributed by atoms with E-state index in [1.54, 1.807) is 24.3 Å². The van der Waals surface area contributed by atoms with Crippen LogP contribution in [0.25, 0.3) is 0 Å². The predicted octanol–water partition coefficient (Wildman–Crippen LogP) is 2.79. The van der Waals surface area contributed by atoms with Crippen molar-refractivity contribution in [3.63, 3.8) is 0 Å². The third-order valence-corrected chi connectivity index (χ3v) is 2.09. The number of esters is 1. The number of hydrogen-bond acceptors (Lipinski definition) is 3. The van der Waals surface area contributed by atoms with Gasteiger partial charge in [0.25, 0.3) is 0 Å². The van der Waals surface area contributed by atoms with Crippen LogP contribution in [0.5, 0.6) is 5.75 Å². The predicted molar refractivity (Wildman–Crippen MR) is 57.2 cm³/mol. The molecule has 0 aliphatic carbocycles. The van der Waals surface area contributed by atoms with E-state index in [-0.39, 0.29) is 18.6 Å². The van der Waals surface area contributed by atoms with Gasteiger partial charge in [0.2, 0.25) is 5.24 Å². The molecule has 0 unspecified atom stereocenters. The van der Waals surface area contributed by atoms with Crippen molar-refractivity contribution in [2.75, 3.05) is 0 Å². The molecule has 80 valence electrons. The van der Waals surface area contributed by atoms with E-state index in [4.69, 9.17) is 27.9 Å². The van der Waals surface area contributed by atoms with Crippen molar-refractivity contribution in [1.29, 1.82) is 0 Å². The van der Waals surface area contributed by atoms with Crippen LogP contribution in [0.4, 0.5) is 0 Å². The van der Waals surface area contributed by atoms with Crippen LogP contribution in [-0.4, -0.2) is 11.2 Å². The lowest BCUT2D eigenvalue weighted by Gasteiger charge is -2.04. The molecule has 0 saturated heterocycles. The number of para-hydroxylation sites is 1. The largest absolute Gasteiger partial charge is 0.425 e. The summed E-state index contributed by atoms with van der Waals surface area (Å²) in [5.74, 6) is -0.247. The molecule has 0 radical (unpaired) electrons. The Balaban J connectivity index is 2.52. The molecule has 1 aromatic carbocycles. The minimum Gasteiger partial charge on any atom is -0.425 e. The Kier molecular flexibility index (Phi) is 4.59. The first-order valence-electron chi connectivity index (χ1n) is 4.23. The van der Waals surface area contributed by atoms with E-state index in [9.17, 15) is 9.59 Å². The zero-order valence-electron chi connectivity index (χ0n) is 7.70. The summed E-state index contributed by atoms with van der Waals surface area (Å²) in [6.45, 7) is 0. The Morgan fingerprint density at radius 2 is 1.87 bits per heavy atom. The monoisotopic (exact) mass is 246 g/mol. The van der Waals surface area contributed by atoms with E-state index in [1.165, 1.54) is 0 Å². The van der Waals surface area contributed by atoms with Gasteiger partial charge >= 0.3 is 5.97 Å². The molecule has 0 bridgehead atoms. The van der Waals surface area contributed by atoms with Crippen molar-refractivity contribution in [3.05, 3.63) is 29.3 Å². The maximum Gasteiger partial charge on any atom is 0.311 e. The molecule has 0 spiro atoms. The third kappa shape index (κ3) is 4.32. The zero-order valence-corrected chi connectivity index (χ0v) is 9.22. The fraction of sp³-hybridized carbons (Fsp3) is 0.200. The van der Waals surface area contributed by atoms with Crippen LogP contribution in [0.2, 0.25) is 5.02 Å². The van der Waals surface area contributed by atoms with Gasteiger partial charge in [-0.2, -0.15) is 0 Å². The van der Waals surface area contributed by atoms with Gasteiger partial charge in [-0.3, -0.25) is 9.59 Å². The summed E-state index contributed by atoms with van der Waals surface area (Å²) in [5.41, 5.74) is 0. The summed E-state index contributed by atoms with van der Waals surface area (Å²) in [6.07, 6.45) is -0.0849. The molecule has 5 heteroatoms. The van der Waals surface area contributed by atoms with Gasteiger partial charge in [-0.15, -0.1) is 0 Å². The Labute approximate surface area is 96.9 Å². The number of rotatable bonds is 4. The lowest BCUT2D eigenvalue weighted by molar-refractivity contribution is -0.135. The summed E-state index contributed by atoms with van der Waals surface area (Å²) in [5, 5.41) is -0.214. The Bertz CT molecular complexity index is 377. The molecule has 0 aliphatic rings. The van der Waals surface area contributed by atoms with E-state index in [0.717, 1.165) is 0 Å². The van der Waals surface area contributed by atoms with Crippen LogP contribution < -0.4 is 4.74 Å². The van der Waals surface area contributed by atoms with Crippen LogP contribution >= 0.6 is 23.2 Å². The van der Waals surface area contributed by atoms with Gasteiger partial charge < -0.3 is 4.74 Å². The zero-order chi connectivity index (χ0) is 11.3. The maximum atomic E-state index is 11.2. The molecule has 0 amide bonds. The number of carbonyl (C=O) groups excluding carboxylic acids is 2. The van der Waals surface area contributed by atoms with Crippen LogP contribution in [0, 0.1) is 0 Å². The number of halogens is 2. The topological polar surface area (TPSA) is 43.4 Å². The van der Waals surface area contributed by atoms with Gasteiger partial charge in [0.05, 0.1) is 11.4 Å². The second-order valence-electron chi connectivity index (χ2n) is 2.76. The first kappa shape index (κ1) is 12.0. The highest BCUT2D eigenvalue weighted by atomic mass is 35.5. The van der Waals surface area contributed by atoms with Crippen LogP contribution in [0.3, 0.4) is 0 Å². The van der Waals surface area contributed by atoms with E-state index in [1.807, 2.05) is 0 Å². The fourth-order valence-electron chi connectivity index (χ4n) is 0.902. The SMILES string of the molecule is O=C(Cl)CCC(=O)Oc1ccccc1Cl. The van der Waals surface area contributed by atoms with Gasteiger partial charge in [-0.1, -0.05) is 23.7 Å². The summed E-state index contributed by atoms with van der Waals surface area (Å²) in [4.78, 5) is 21.6. The highest BCUT2D eigenvalue weighted by molar-refractivity contribution is 6.63. The average molecular weight is 247 g/mol. The highest BCUT2D eigenvalue weighted by Gasteiger charge is 2.09. The third-order valence-electron chi connectivity index (χ3n) is 1.59. The number of benzene rings is 1. The Morgan fingerprint density at radius 3 is 2.47 bits per heavy atom. The van der Waals surface area contributed by atoms with Gasteiger partial charge in [0.15, 0.2) is 0 Å². The Hall–Kier alpha value is -1.06. The van der Waals surface area contributed by atoms with Crippen molar-refractivity contribution in [2.24, 2.45) is 0 Å². The lowest BCUT2D eigenvalue weighted by atomic mass is 10.3. The van der Waals surface area contributed by atoms with E-state index >= 15 is 0 Å². The second-order valence-corrected chi connectivity index (χ2v) is 3.59. The lowest BCUT2D eigenvalue weighted by Crippen LogP contribution is -2.09. The van der Waals surface area contributed by atoms with Crippen LogP contribution in [0.15, 0.2) is 24.3 Å². The van der Waals surface area contributed by atoms with Crippen molar-refractivity contribution < 1.29 is 14.3 Å². The van der Waals surface area contributed by atoms with E-state index < -0.39 is 11.2 Å². The van der Waals surface area contributed by atoms with Crippen LogP contribution in [-0.2, 0) is 9.59 Å².